The minimum absolute atomic E-state index is 0.206. The third-order valence-corrected chi connectivity index (χ3v) is 4.51. The number of nitrogens with one attached hydrogen (secondary N) is 1. The SMILES string of the molecule is CCC1CCCCC1(Nc1ccccc1C)C(N)=O. The van der Waals surface area contributed by atoms with Crippen LogP contribution >= 0.6 is 0 Å². The molecule has 1 saturated carbocycles. The Morgan fingerprint density at radius 3 is 2.79 bits per heavy atom. The van der Waals surface area contributed by atoms with E-state index in [0.29, 0.717) is 5.92 Å². The second-order valence-corrected chi connectivity index (χ2v) is 5.63. The minimum atomic E-state index is -0.570. The molecule has 0 spiro atoms. The van der Waals surface area contributed by atoms with Crippen LogP contribution in [0.3, 0.4) is 0 Å². The first kappa shape index (κ1) is 13.9. The maximum Gasteiger partial charge on any atom is 0.243 e. The lowest BCUT2D eigenvalue weighted by Crippen LogP contribution is -2.57. The number of primary amides is 1. The van der Waals surface area contributed by atoms with E-state index in [1.54, 1.807) is 0 Å². The van der Waals surface area contributed by atoms with Crippen LogP contribution in [-0.2, 0) is 4.79 Å². The van der Waals surface area contributed by atoms with E-state index in [1.165, 1.54) is 6.42 Å². The number of carbonyl (C=O) groups is 1. The lowest BCUT2D eigenvalue weighted by atomic mass is 9.70. The Kier molecular flexibility index (Phi) is 4.13. The largest absolute Gasteiger partial charge is 0.371 e. The van der Waals surface area contributed by atoms with Gasteiger partial charge in [-0.3, -0.25) is 4.79 Å². The molecule has 0 saturated heterocycles. The standard InChI is InChI=1S/C16H24N2O/c1-3-13-9-6-7-11-16(13,15(17)19)18-14-10-5-4-8-12(14)2/h4-5,8,10,13,18H,3,6-7,9,11H2,1-2H3,(H2,17,19). The molecule has 2 atom stereocenters. The highest BCUT2D eigenvalue weighted by molar-refractivity contribution is 5.88. The highest BCUT2D eigenvalue weighted by atomic mass is 16.1. The van der Waals surface area contributed by atoms with Gasteiger partial charge < -0.3 is 11.1 Å². The number of para-hydroxylation sites is 1. The summed E-state index contributed by atoms with van der Waals surface area (Å²) in [6.45, 7) is 4.20. The number of benzene rings is 1. The van der Waals surface area contributed by atoms with Crippen molar-refractivity contribution in [3.05, 3.63) is 29.8 Å². The lowest BCUT2D eigenvalue weighted by Gasteiger charge is -2.43. The van der Waals surface area contributed by atoms with E-state index in [9.17, 15) is 4.79 Å². The maximum absolute atomic E-state index is 12.1. The molecular weight excluding hydrogens is 236 g/mol. The van der Waals surface area contributed by atoms with Crippen molar-refractivity contribution in [2.45, 2.75) is 51.5 Å². The summed E-state index contributed by atoms with van der Waals surface area (Å²) in [5.41, 5.74) is 7.38. The highest BCUT2D eigenvalue weighted by Gasteiger charge is 2.44. The quantitative estimate of drug-likeness (QED) is 0.873. The van der Waals surface area contributed by atoms with Crippen LogP contribution in [-0.4, -0.2) is 11.4 Å². The fourth-order valence-electron chi connectivity index (χ4n) is 3.30. The summed E-state index contributed by atoms with van der Waals surface area (Å²) >= 11 is 0. The van der Waals surface area contributed by atoms with E-state index in [2.05, 4.69) is 25.2 Å². The molecule has 1 aliphatic rings. The summed E-state index contributed by atoms with van der Waals surface area (Å²) < 4.78 is 0. The van der Waals surface area contributed by atoms with Crippen LogP contribution in [0.5, 0.6) is 0 Å². The van der Waals surface area contributed by atoms with E-state index in [1.807, 2.05) is 18.2 Å². The molecule has 0 heterocycles. The summed E-state index contributed by atoms with van der Waals surface area (Å²) in [7, 11) is 0. The van der Waals surface area contributed by atoms with Crippen molar-refractivity contribution < 1.29 is 4.79 Å². The fraction of sp³-hybridized carbons (Fsp3) is 0.562. The van der Waals surface area contributed by atoms with Gasteiger partial charge in [0.1, 0.15) is 5.54 Å². The van der Waals surface area contributed by atoms with E-state index in [-0.39, 0.29) is 5.91 Å². The lowest BCUT2D eigenvalue weighted by molar-refractivity contribution is -0.125. The molecule has 3 N–H and O–H groups in total. The van der Waals surface area contributed by atoms with Crippen LogP contribution in [0.1, 0.15) is 44.6 Å². The smallest absolute Gasteiger partial charge is 0.243 e. The third kappa shape index (κ3) is 2.60. The van der Waals surface area contributed by atoms with Crippen LogP contribution in [0.15, 0.2) is 24.3 Å². The number of carbonyl (C=O) groups excluding carboxylic acids is 1. The predicted molar refractivity (Wildman–Crippen MR) is 79.0 cm³/mol. The molecule has 0 bridgehead atoms. The van der Waals surface area contributed by atoms with Crippen LogP contribution in [0, 0.1) is 12.8 Å². The first-order valence-electron chi connectivity index (χ1n) is 7.24. The fourth-order valence-corrected chi connectivity index (χ4v) is 3.30. The monoisotopic (exact) mass is 260 g/mol. The number of rotatable bonds is 4. The molecular formula is C16H24N2O. The zero-order chi connectivity index (χ0) is 13.9. The molecule has 3 heteroatoms. The number of aryl methyl sites for hydroxylation is 1. The van der Waals surface area contributed by atoms with Crippen LogP contribution in [0.2, 0.25) is 0 Å². The van der Waals surface area contributed by atoms with Gasteiger partial charge in [0, 0.05) is 5.69 Å². The number of nitrogens with two attached hydrogens (primary N) is 1. The van der Waals surface area contributed by atoms with Gasteiger partial charge in [-0.15, -0.1) is 0 Å². The van der Waals surface area contributed by atoms with Crippen LogP contribution in [0.4, 0.5) is 5.69 Å². The highest BCUT2D eigenvalue weighted by Crippen LogP contribution is 2.38. The van der Waals surface area contributed by atoms with Gasteiger partial charge in [0.15, 0.2) is 0 Å². The molecule has 19 heavy (non-hydrogen) atoms. The Labute approximate surface area is 115 Å². The Hall–Kier alpha value is -1.51. The molecule has 1 amide bonds. The number of hydrogen-bond donors (Lipinski definition) is 2. The third-order valence-electron chi connectivity index (χ3n) is 4.51. The first-order chi connectivity index (χ1) is 9.10. The van der Waals surface area contributed by atoms with Gasteiger partial charge in [-0.2, -0.15) is 0 Å². The summed E-state index contributed by atoms with van der Waals surface area (Å²) in [6.07, 6.45) is 5.18. The van der Waals surface area contributed by atoms with Gasteiger partial charge >= 0.3 is 0 Å². The van der Waals surface area contributed by atoms with E-state index in [0.717, 1.165) is 36.9 Å². The molecule has 3 nitrogen and oxygen atoms in total. The van der Waals surface area contributed by atoms with Gasteiger partial charge in [-0.25, -0.2) is 0 Å². The van der Waals surface area contributed by atoms with E-state index < -0.39 is 5.54 Å². The number of amides is 1. The molecule has 1 aliphatic carbocycles. The summed E-state index contributed by atoms with van der Waals surface area (Å²) in [5.74, 6) is 0.126. The Balaban J connectivity index is 2.34. The average molecular weight is 260 g/mol. The van der Waals surface area contributed by atoms with Gasteiger partial charge in [0.05, 0.1) is 0 Å². The number of anilines is 1. The van der Waals surface area contributed by atoms with Gasteiger partial charge in [0.25, 0.3) is 0 Å². The van der Waals surface area contributed by atoms with Crippen LogP contribution in [0.25, 0.3) is 0 Å². The molecule has 0 aliphatic heterocycles. The van der Waals surface area contributed by atoms with Crippen molar-refractivity contribution in [2.75, 3.05) is 5.32 Å². The van der Waals surface area contributed by atoms with Crippen molar-refractivity contribution in [3.63, 3.8) is 0 Å². The number of hydrogen-bond acceptors (Lipinski definition) is 2. The summed E-state index contributed by atoms with van der Waals surface area (Å²) in [5, 5.41) is 3.49. The van der Waals surface area contributed by atoms with Crippen molar-refractivity contribution in [1.29, 1.82) is 0 Å². The molecule has 104 valence electrons. The zero-order valence-corrected chi connectivity index (χ0v) is 11.9. The average Bonchev–Trinajstić information content (AvgIpc) is 2.41. The zero-order valence-electron chi connectivity index (χ0n) is 11.9. The van der Waals surface area contributed by atoms with Crippen molar-refractivity contribution in [1.82, 2.24) is 0 Å². The molecule has 1 aromatic carbocycles. The second-order valence-electron chi connectivity index (χ2n) is 5.63. The predicted octanol–water partition coefficient (Wildman–Crippen LogP) is 3.23. The molecule has 0 aromatic heterocycles. The van der Waals surface area contributed by atoms with Crippen LogP contribution < -0.4 is 11.1 Å². The molecule has 2 rings (SSSR count). The van der Waals surface area contributed by atoms with Crippen molar-refractivity contribution in [2.24, 2.45) is 11.7 Å². The Bertz CT molecular complexity index is 458. The second kappa shape index (κ2) is 5.64. The van der Waals surface area contributed by atoms with E-state index in [4.69, 9.17) is 5.73 Å². The minimum Gasteiger partial charge on any atom is -0.371 e. The molecule has 2 unspecified atom stereocenters. The van der Waals surface area contributed by atoms with Crippen molar-refractivity contribution >= 4 is 11.6 Å². The van der Waals surface area contributed by atoms with Gasteiger partial charge in [-0.1, -0.05) is 44.4 Å². The first-order valence-corrected chi connectivity index (χ1v) is 7.24. The Morgan fingerprint density at radius 2 is 2.16 bits per heavy atom. The van der Waals surface area contributed by atoms with Gasteiger partial charge in [0.2, 0.25) is 5.91 Å². The molecule has 1 aromatic rings. The molecule has 1 fully saturated rings. The maximum atomic E-state index is 12.1. The van der Waals surface area contributed by atoms with Gasteiger partial charge in [-0.05, 0) is 37.3 Å². The Morgan fingerprint density at radius 1 is 1.42 bits per heavy atom. The van der Waals surface area contributed by atoms with E-state index >= 15 is 0 Å². The van der Waals surface area contributed by atoms with Crippen molar-refractivity contribution in [3.8, 4) is 0 Å². The summed E-state index contributed by atoms with van der Waals surface area (Å²) in [6, 6.07) is 8.09. The summed E-state index contributed by atoms with van der Waals surface area (Å²) in [4.78, 5) is 12.1. The normalized spacial score (nSPS) is 26.9. The topological polar surface area (TPSA) is 55.1 Å². The molecule has 0 radical (unpaired) electrons.